The molecule has 0 aromatic carbocycles. The van der Waals surface area contributed by atoms with Crippen molar-refractivity contribution in [2.75, 3.05) is 20.1 Å². The van der Waals surface area contributed by atoms with E-state index in [0.717, 1.165) is 25.1 Å². The highest BCUT2D eigenvalue weighted by Gasteiger charge is 2.22. The summed E-state index contributed by atoms with van der Waals surface area (Å²) in [5, 5.41) is 8.54. The fraction of sp³-hybridized carbons (Fsp3) is 0.667. The van der Waals surface area contributed by atoms with E-state index in [4.69, 9.17) is 5.11 Å². The number of rotatable bonds is 3. The molecule has 0 bridgehead atoms. The number of hydrogen-bond donors (Lipinski definition) is 1. The molecule has 0 aromatic heterocycles. The van der Waals surface area contributed by atoms with E-state index in [2.05, 4.69) is 11.5 Å². The lowest BCUT2D eigenvalue weighted by Crippen LogP contribution is -2.15. The lowest BCUT2D eigenvalue weighted by atomic mass is 9.97. The lowest BCUT2D eigenvalue weighted by Gasteiger charge is -2.11. The summed E-state index contributed by atoms with van der Waals surface area (Å²) in [5.74, 6) is -0.374. The maximum Gasteiger partial charge on any atom is 0.307 e. The van der Waals surface area contributed by atoms with E-state index in [-0.39, 0.29) is 6.42 Å². The molecule has 0 aliphatic carbocycles. The quantitative estimate of drug-likeness (QED) is 0.640. The highest BCUT2D eigenvalue weighted by molar-refractivity contribution is 5.69. The van der Waals surface area contributed by atoms with Gasteiger partial charge in [-0.05, 0) is 25.9 Å². The molecule has 1 saturated heterocycles. The number of hydrogen-bond acceptors (Lipinski definition) is 2. The number of nitrogens with zero attached hydrogens (tertiary/aromatic N) is 1. The van der Waals surface area contributed by atoms with E-state index >= 15 is 0 Å². The fourth-order valence-corrected chi connectivity index (χ4v) is 1.61. The Morgan fingerprint density at radius 3 is 2.83 bits per heavy atom. The predicted octanol–water partition coefficient (Wildman–Crippen LogP) is 0.969. The fourth-order valence-electron chi connectivity index (χ4n) is 1.61. The average molecular weight is 169 g/mol. The van der Waals surface area contributed by atoms with Crippen molar-refractivity contribution in [3.05, 3.63) is 12.2 Å². The molecule has 0 aromatic rings. The summed E-state index contributed by atoms with van der Waals surface area (Å²) in [6.45, 7) is 5.83. The van der Waals surface area contributed by atoms with E-state index in [9.17, 15) is 4.79 Å². The van der Waals surface area contributed by atoms with E-state index in [1.165, 1.54) is 0 Å². The Balaban J connectivity index is 2.38. The van der Waals surface area contributed by atoms with Crippen molar-refractivity contribution in [1.82, 2.24) is 4.90 Å². The summed E-state index contributed by atoms with van der Waals surface area (Å²) in [5.41, 5.74) is 0.867. The van der Waals surface area contributed by atoms with Gasteiger partial charge in [-0.25, -0.2) is 0 Å². The van der Waals surface area contributed by atoms with E-state index < -0.39 is 5.97 Å². The molecule has 1 aliphatic rings. The van der Waals surface area contributed by atoms with Crippen LogP contribution in [0.25, 0.3) is 0 Å². The summed E-state index contributed by atoms with van der Waals surface area (Å²) in [4.78, 5) is 12.6. The molecule has 0 radical (unpaired) electrons. The lowest BCUT2D eigenvalue weighted by molar-refractivity contribution is -0.136. The van der Waals surface area contributed by atoms with Gasteiger partial charge < -0.3 is 10.0 Å². The monoisotopic (exact) mass is 169 g/mol. The van der Waals surface area contributed by atoms with Gasteiger partial charge in [0, 0.05) is 6.54 Å². The van der Waals surface area contributed by atoms with Crippen molar-refractivity contribution < 1.29 is 9.90 Å². The molecular formula is C9H15NO2. The van der Waals surface area contributed by atoms with Crippen molar-refractivity contribution in [3.8, 4) is 0 Å². The molecule has 0 spiro atoms. The number of carboxylic acid groups (broad SMARTS) is 1. The van der Waals surface area contributed by atoms with Gasteiger partial charge in [0.15, 0.2) is 0 Å². The minimum Gasteiger partial charge on any atom is -0.481 e. The van der Waals surface area contributed by atoms with Crippen molar-refractivity contribution in [1.29, 1.82) is 0 Å². The molecule has 0 saturated carbocycles. The first kappa shape index (κ1) is 9.26. The van der Waals surface area contributed by atoms with Gasteiger partial charge in [-0.1, -0.05) is 12.2 Å². The topological polar surface area (TPSA) is 40.5 Å². The van der Waals surface area contributed by atoms with Crippen LogP contribution in [-0.2, 0) is 4.79 Å². The Kier molecular flexibility index (Phi) is 2.87. The molecule has 1 fully saturated rings. The zero-order valence-electron chi connectivity index (χ0n) is 7.42. The zero-order valence-corrected chi connectivity index (χ0v) is 7.42. The van der Waals surface area contributed by atoms with Crippen molar-refractivity contribution in [2.24, 2.45) is 5.92 Å². The Hall–Kier alpha value is -0.830. The standard InChI is InChI=1S/C9H15NO2/c1-7(5-9(11)12)8-3-4-10(2)6-8/h8H,1,3-6H2,2H3,(H,11,12). The Labute approximate surface area is 72.7 Å². The summed E-state index contributed by atoms with van der Waals surface area (Å²) in [6.07, 6.45) is 1.18. The smallest absolute Gasteiger partial charge is 0.307 e. The third-order valence-electron chi connectivity index (χ3n) is 2.35. The van der Waals surface area contributed by atoms with Crippen LogP contribution < -0.4 is 0 Å². The molecule has 68 valence electrons. The van der Waals surface area contributed by atoms with Gasteiger partial charge in [-0.15, -0.1) is 0 Å². The van der Waals surface area contributed by atoms with Crippen LogP contribution in [0.1, 0.15) is 12.8 Å². The van der Waals surface area contributed by atoms with Gasteiger partial charge >= 0.3 is 5.97 Å². The number of carbonyl (C=O) groups is 1. The normalized spacial score (nSPS) is 24.2. The predicted molar refractivity (Wildman–Crippen MR) is 47.0 cm³/mol. The number of likely N-dealkylation sites (tertiary alicyclic amines) is 1. The van der Waals surface area contributed by atoms with Crippen LogP contribution in [0.2, 0.25) is 0 Å². The molecule has 0 amide bonds. The van der Waals surface area contributed by atoms with Gasteiger partial charge in [-0.3, -0.25) is 4.79 Å². The molecule has 1 aliphatic heterocycles. The van der Waals surface area contributed by atoms with Crippen molar-refractivity contribution in [2.45, 2.75) is 12.8 Å². The Bertz CT molecular complexity index is 201. The minimum atomic E-state index is -0.769. The molecule has 3 heteroatoms. The highest BCUT2D eigenvalue weighted by Crippen LogP contribution is 2.23. The summed E-state index contributed by atoms with van der Waals surface area (Å²) in [7, 11) is 2.05. The van der Waals surface area contributed by atoms with Gasteiger partial charge in [0.05, 0.1) is 6.42 Å². The van der Waals surface area contributed by atoms with Crippen molar-refractivity contribution >= 4 is 5.97 Å². The SMILES string of the molecule is C=C(CC(=O)O)C1CCN(C)C1. The summed E-state index contributed by atoms with van der Waals surface area (Å²) in [6, 6.07) is 0. The maximum atomic E-state index is 10.4. The zero-order chi connectivity index (χ0) is 9.14. The van der Waals surface area contributed by atoms with Crippen LogP contribution in [-0.4, -0.2) is 36.1 Å². The molecule has 1 atom stereocenters. The second kappa shape index (κ2) is 3.72. The first-order valence-corrected chi connectivity index (χ1v) is 4.17. The van der Waals surface area contributed by atoms with E-state index in [0.29, 0.717) is 5.92 Å². The third kappa shape index (κ3) is 2.34. The van der Waals surface area contributed by atoms with E-state index in [1.807, 2.05) is 7.05 Å². The van der Waals surface area contributed by atoms with Crippen LogP contribution in [0.4, 0.5) is 0 Å². The van der Waals surface area contributed by atoms with Crippen molar-refractivity contribution in [3.63, 3.8) is 0 Å². The first-order chi connectivity index (χ1) is 5.59. The molecule has 1 rings (SSSR count). The Morgan fingerprint density at radius 2 is 2.42 bits per heavy atom. The Morgan fingerprint density at radius 1 is 1.75 bits per heavy atom. The third-order valence-corrected chi connectivity index (χ3v) is 2.35. The minimum absolute atomic E-state index is 0.124. The summed E-state index contributed by atoms with van der Waals surface area (Å²) < 4.78 is 0. The van der Waals surface area contributed by atoms with Crippen LogP contribution in [0.15, 0.2) is 12.2 Å². The molecule has 1 heterocycles. The molecule has 12 heavy (non-hydrogen) atoms. The molecule has 1 N–H and O–H groups in total. The van der Waals surface area contributed by atoms with Gasteiger partial charge in [-0.2, -0.15) is 0 Å². The first-order valence-electron chi connectivity index (χ1n) is 4.17. The van der Waals surface area contributed by atoms with Gasteiger partial charge in [0.2, 0.25) is 0 Å². The maximum absolute atomic E-state index is 10.4. The molecule has 1 unspecified atom stereocenters. The summed E-state index contributed by atoms with van der Waals surface area (Å²) >= 11 is 0. The largest absolute Gasteiger partial charge is 0.481 e. The second-order valence-corrected chi connectivity index (χ2v) is 3.48. The van der Waals surface area contributed by atoms with Gasteiger partial charge in [0.25, 0.3) is 0 Å². The average Bonchev–Trinajstić information content (AvgIpc) is 2.34. The van der Waals surface area contributed by atoms with E-state index in [1.54, 1.807) is 0 Å². The van der Waals surface area contributed by atoms with Crippen LogP contribution in [0.3, 0.4) is 0 Å². The number of aliphatic carboxylic acids is 1. The molecular weight excluding hydrogens is 154 g/mol. The number of carboxylic acids is 1. The van der Waals surface area contributed by atoms with Crippen LogP contribution >= 0.6 is 0 Å². The second-order valence-electron chi connectivity index (χ2n) is 3.48. The highest BCUT2D eigenvalue weighted by atomic mass is 16.4. The van der Waals surface area contributed by atoms with Crippen LogP contribution in [0.5, 0.6) is 0 Å². The van der Waals surface area contributed by atoms with Gasteiger partial charge in [0.1, 0.15) is 0 Å². The molecule has 3 nitrogen and oxygen atoms in total. The van der Waals surface area contributed by atoms with Crippen LogP contribution in [0, 0.1) is 5.92 Å².